The third kappa shape index (κ3) is 3.70. The first kappa shape index (κ1) is 14.8. The van der Waals surface area contributed by atoms with Crippen molar-refractivity contribution < 1.29 is 19.4 Å². The molecule has 1 aromatic carbocycles. The summed E-state index contributed by atoms with van der Waals surface area (Å²) in [5, 5.41) is 12.0. The monoisotopic (exact) mass is 303 g/mol. The van der Waals surface area contributed by atoms with Crippen LogP contribution in [0.25, 0.3) is 0 Å². The highest BCUT2D eigenvalue weighted by atomic mass is 32.1. The van der Waals surface area contributed by atoms with Gasteiger partial charge in [-0.15, -0.1) is 11.3 Å². The topological polar surface area (TPSA) is 75.6 Å². The summed E-state index contributed by atoms with van der Waals surface area (Å²) in [4.78, 5) is 23.2. The Kier molecular flexibility index (Phi) is 4.73. The summed E-state index contributed by atoms with van der Waals surface area (Å²) in [7, 11) is 0. The summed E-state index contributed by atoms with van der Waals surface area (Å²) < 4.78 is 5.42. The van der Waals surface area contributed by atoms with Gasteiger partial charge >= 0.3 is 5.97 Å². The minimum absolute atomic E-state index is 0.168. The lowest BCUT2D eigenvalue weighted by Gasteiger charge is -2.09. The van der Waals surface area contributed by atoms with Gasteiger partial charge in [-0.1, -0.05) is 24.8 Å². The summed E-state index contributed by atoms with van der Waals surface area (Å²) >= 11 is 0.999. The van der Waals surface area contributed by atoms with E-state index in [4.69, 9.17) is 9.84 Å². The Morgan fingerprint density at radius 1 is 1.29 bits per heavy atom. The zero-order chi connectivity index (χ0) is 15.2. The number of aromatic carboxylic acids is 1. The van der Waals surface area contributed by atoms with Crippen LogP contribution in [0.1, 0.15) is 20.0 Å². The van der Waals surface area contributed by atoms with Crippen molar-refractivity contribution in [3.63, 3.8) is 0 Å². The molecule has 0 bridgehead atoms. The van der Waals surface area contributed by atoms with Crippen LogP contribution in [0.3, 0.4) is 0 Å². The second-order valence-electron chi connectivity index (χ2n) is 4.02. The molecular weight excluding hydrogens is 290 g/mol. The molecule has 1 amide bonds. The largest absolute Gasteiger partial charge is 0.489 e. The summed E-state index contributed by atoms with van der Waals surface area (Å²) in [6.07, 6.45) is 1.59. The third-order valence-electron chi connectivity index (χ3n) is 2.54. The smallest absolute Gasteiger partial charge is 0.345 e. The number of benzene rings is 1. The fourth-order valence-electron chi connectivity index (χ4n) is 1.63. The highest BCUT2D eigenvalue weighted by Crippen LogP contribution is 2.24. The number of hydrogen-bond acceptors (Lipinski definition) is 4. The number of hydrogen-bond donors (Lipinski definition) is 2. The zero-order valence-corrected chi connectivity index (χ0v) is 11.9. The van der Waals surface area contributed by atoms with Crippen LogP contribution in [-0.4, -0.2) is 23.6 Å². The predicted octanol–water partition coefficient (Wildman–Crippen LogP) is 3.26. The summed E-state index contributed by atoms with van der Waals surface area (Å²) in [5.41, 5.74) is 0.379. The highest BCUT2D eigenvalue weighted by molar-refractivity contribution is 7.18. The van der Waals surface area contributed by atoms with Crippen molar-refractivity contribution in [2.45, 2.75) is 0 Å². The molecule has 0 atom stereocenters. The molecule has 1 heterocycles. The van der Waals surface area contributed by atoms with E-state index in [1.54, 1.807) is 36.4 Å². The van der Waals surface area contributed by atoms with Crippen LogP contribution in [0.2, 0.25) is 0 Å². The Morgan fingerprint density at radius 3 is 2.71 bits per heavy atom. The molecule has 0 fully saturated rings. The molecule has 2 rings (SSSR count). The number of carboxylic acids is 1. The van der Waals surface area contributed by atoms with Gasteiger partial charge in [0.25, 0.3) is 5.91 Å². The standard InChI is InChI=1S/C15H13NO4S/c1-2-9-20-11-6-4-3-5-10(11)14(17)16-13-8-7-12(21-13)15(18)19/h2-8H,1,9H2,(H,16,17)(H,18,19). The molecule has 21 heavy (non-hydrogen) atoms. The van der Waals surface area contributed by atoms with E-state index in [1.807, 2.05) is 0 Å². The lowest BCUT2D eigenvalue weighted by Crippen LogP contribution is -2.12. The molecule has 0 aliphatic carbocycles. The third-order valence-corrected chi connectivity index (χ3v) is 3.53. The normalized spacial score (nSPS) is 9.90. The first-order valence-electron chi connectivity index (χ1n) is 6.09. The zero-order valence-electron chi connectivity index (χ0n) is 11.0. The quantitative estimate of drug-likeness (QED) is 0.803. The molecule has 108 valence electrons. The molecule has 0 saturated heterocycles. The molecule has 2 N–H and O–H groups in total. The lowest BCUT2D eigenvalue weighted by atomic mass is 10.2. The molecule has 0 aliphatic heterocycles. The minimum atomic E-state index is -1.02. The Labute approximate surface area is 125 Å². The van der Waals surface area contributed by atoms with Gasteiger partial charge in [-0.2, -0.15) is 0 Å². The molecule has 0 unspecified atom stereocenters. The Hall–Kier alpha value is -2.60. The van der Waals surface area contributed by atoms with Gasteiger partial charge in [0.15, 0.2) is 0 Å². The van der Waals surface area contributed by atoms with E-state index in [0.29, 0.717) is 22.9 Å². The maximum atomic E-state index is 12.2. The highest BCUT2D eigenvalue weighted by Gasteiger charge is 2.14. The van der Waals surface area contributed by atoms with E-state index in [-0.39, 0.29) is 10.8 Å². The Morgan fingerprint density at radius 2 is 2.05 bits per heavy atom. The van der Waals surface area contributed by atoms with Gasteiger partial charge in [-0.05, 0) is 24.3 Å². The molecule has 0 spiro atoms. The van der Waals surface area contributed by atoms with Crippen LogP contribution in [0.15, 0.2) is 49.1 Å². The molecule has 0 saturated carbocycles. The summed E-state index contributed by atoms with van der Waals surface area (Å²) in [6.45, 7) is 3.86. The van der Waals surface area contributed by atoms with Crippen LogP contribution in [0, 0.1) is 0 Å². The number of anilines is 1. The maximum absolute atomic E-state index is 12.2. The van der Waals surface area contributed by atoms with E-state index in [2.05, 4.69) is 11.9 Å². The molecule has 6 heteroatoms. The number of amides is 1. The van der Waals surface area contributed by atoms with Crippen molar-refractivity contribution in [1.82, 2.24) is 0 Å². The van der Waals surface area contributed by atoms with E-state index in [9.17, 15) is 9.59 Å². The Balaban J connectivity index is 2.15. The van der Waals surface area contributed by atoms with Crippen molar-refractivity contribution in [1.29, 1.82) is 0 Å². The number of ether oxygens (including phenoxy) is 1. The number of thiophene rings is 1. The summed E-state index contributed by atoms with van der Waals surface area (Å²) in [6, 6.07) is 9.83. The van der Waals surface area contributed by atoms with Crippen LogP contribution in [0.5, 0.6) is 5.75 Å². The lowest BCUT2D eigenvalue weighted by molar-refractivity contribution is 0.0702. The second-order valence-corrected chi connectivity index (χ2v) is 5.10. The van der Waals surface area contributed by atoms with Crippen molar-refractivity contribution in [3.05, 3.63) is 59.5 Å². The van der Waals surface area contributed by atoms with Crippen LogP contribution < -0.4 is 10.1 Å². The minimum Gasteiger partial charge on any atom is -0.489 e. The fraction of sp³-hybridized carbons (Fsp3) is 0.0667. The number of carboxylic acid groups (broad SMARTS) is 1. The van der Waals surface area contributed by atoms with E-state index < -0.39 is 5.97 Å². The molecule has 1 aromatic heterocycles. The average molecular weight is 303 g/mol. The van der Waals surface area contributed by atoms with Gasteiger partial charge in [0.05, 0.1) is 10.6 Å². The van der Waals surface area contributed by atoms with Crippen LogP contribution in [0.4, 0.5) is 5.00 Å². The molecule has 2 aromatic rings. The van der Waals surface area contributed by atoms with E-state index >= 15 is 0 Å². The average Bonchev–Trinajstić information content (AvgIpc) is 2.94. The van der Waals surface area contributed by atoms with Crippen molar-refractivity contribution in [2.75, 3.05) is 11.9 Å². The number of rotatable bonds is 6. The molecule has 5 nitrogen and oxygen atoms in total. The summed E-state index contributed by atoms with van der Waals surface area (Å²) in [5.74, 6) is -0.923. The first-order valence-corrected chi connectivity index (χ1v) is 6.90. The van der Waals surface area contributed by atoms with Gasteiger partial charge in [-0.25, -0.2) is 4.79 Å². The fourth-order valence-corrected chi connectivity index (χ4v) is 2.37. The number of carbonyl (C=O) groups excluding carboxylic acids is 1. The van der Waals surface area contributed by atoms with Crippen molar-refractivity contribution in [3.8, 4) is 5.75 Å². The Bertz CT molecular complexity index is 678. The number of carbonyl (C=O) groups is 2. The molecule has 0 radical (unpaired) electrons. The maximum Gasteiger partial charge on any atom is 0.345 e. The van der Waals surface area contributed by atoms with Crippen molar-refractivity contribution in [2.24, 2.45) is 0 Å². The molecule has 0 aliphatic rings. The SMILES string of the molecule is C=CCOc1ccccc1C(=O)Nc1ccc(C(=O)O)s1. The van der Waals surface area contributed by atoms with Gasteiger partial charge in [0.1, 0.15) is 17.2 Å². The van der Waals surface area contributed by atoms with Gasteiger partial charge in [0.2, 0.25) is 0 Å². The second kappa shape index (κ2) is 6.71. The van der Waals surface area contributed by atoms with E-state index in [0.717, 1.165) is 11.3 Å². The van der Waals surface area contributed by atoms with Crippen molar-refractivity contribution >= 4 is 28.2 Å². The van der Waals surface area contributed by atoms with Crippen LogP contribution >= 0.6 is 11.3 Å². The van der Waals surface area contributed by atoms with Gasteiger partial charge < -0.3 is 15.2 Å². The van der Waals surface area contributed by atoms with Gasteiger partial charge in [0, 0.05) is 0 Å². The number of para-hydroxylation sites is 1. The molecular formula is C15H13NO4S. The van der Waals surface area contributed by atoms with Gasteiger partial charge in [-0.3, -0.25) is 4.79 Å². The number of nitrogens with one attached hydrogen (secondary N) is 1. The van der Waals surface area contributed by atoms with E-state index in [1.165, 1.54) is 6.07 Å². The predicted molar refractivity (Wildman–Crippen MR) is 81.4 cm³/mol. The first-order chi connectivity index (χ1) is 10.1. The van der Waals surface area contributed by atoms with Crippen LogP contribution in [-0.2, 0) is 0 Å².